The Labute approximate surface area is 112 Å². The van der Waals surface area contributed by atoms with Gasteiger partial charge in [0.25, 0.3) is 0 Å². The van der Waals surface area contributed by atoms with Crippen molar-refractivity contribution in [1.82, 2.24) is 4.98 Å². The van der Waals surface area contributed by atoms with E-state index >= 15 is 0 Å². The van der Waals surface area contributed by atoms with Gasteiger partial charge in [-0.25, -0.2) is 0 Å². The maximum Gasteiger partial charge on any atom is 0.247 e. The minimum absolute atomic E-state index is 0.0488. The second kappa shape index (κ2) is 5.27. The first-order valence-electron chi connectivity index (χ1n) is 6.77. The second-order valence-corrected chi connectivity index (χ2v) is 5.06. The Morgan fingerprint density at radius 1 is 1.00 bits per heavy atom. The van der Waals surface area contributed by atoms with E-state index in [2.05, 4.69) is 35.3 Å². The lowest BCUT2D eigenvalue weighted by Gasteiger charge is -2.05. The highest BCUT2D eigenvalue weighted by Gasteiger charge is 2.06. The number of pyridine rings is 1. The van der Waals surface area contributed by atoms with Crippen LogP contribution < -0.4 is 5.56 Å². The molecule has 0 fully saturated rings. The highest BCUT2D eigenvalue weighted by molar-refractivity contribution is 5.67. The van der Waals surface area contributed by atoms with Crippen LogP contribution in [0.1, 0.15) is 36.0 Å². The van der Waals surface area contributed by atoms with Crippen LogP contribution in [0.25, 0.3) is 5.57 Å². The molecule has 19 heavy (non-hydrogen) atoms. The van der Waals surface area contributed by atoms with Gasteiger partial charge < -0.3 is 4.98 Å². The fraction of sp³-hybridized carbons (Fsp3) is 0.235. The van der Waals surface area contributed by atoms with Crippen molar-refractivity contribution in [3.05, 3.63) is 75.7 Å². The monoisotopic (exact) mass is 251 g/mol. The molecule has 0 saturated heterocycles. The molecule has 0 spiro atoms. The van der Waals surface area contributed by atoms with Crippen LogP contribution in [0.5, 0.6) is 0 Å². The molecule has 0 atom stereocenters. The molecule has 2 nitrogen and oxygen atoms in total. The largest absolute Gasteiger partial charge is 0.329 e. The number of hydrogen-bond acceptors (Lipinski definition) is 1. The molecule has 0 bridgehead atoms. The van der Waals surface area contributed by atoms with Crippen LogP contribution in [0, 0.1) is 0 Å². The third-order valence-electron chi connectivity index (χ3n) is 3.62. The first-order valence-corrected chi connectivity index (χ1v) is 6.77. The van der Waals surface area contributed by atoms with Crippen LogP contribution in [0.3, 0.4) is 0 Å². The van der Waals surface area contributed by atoms with Crippen molar-refractivity contribution in [3.8, 4) is 0 Å². The number of hydrogen-bond donors (Lipinski definition) is 1. The van der Waals surface area contributed by atoms with Crippen LogP contribution in [0.4, 0.5) is 0 Å². The van der Waals surface area contributed by atoms with E-state index in [1.165, 1.54) is 36.0 Å². The molecular formula is C17H17NO. The molecule has 1 aromatic heterocycles. The summed E-state index contributed by atoms with van der Waals surface area (Å²) in [6.07, 6.45) is 8.70. The van der Waals surface area contributed by atoms with E-state index in [0.29, 0.717) is 0 Å². The first-order chi connectivity index (χ1) is 9.31. The van der Waals surface area contributed by atoms with E-state index in [9.17, 15) is 4.79 Å². The van der Waals surface area contributed by atoms with Gasteiger partial charge in [-0.3, -0.25) is 4.79 Å². The number of allylic oxidation sites excluding steroid dienone is 2. The molecule has 3 rings (SSSR count). The first kappa shape index (κ1) is 12.0. The molecule has 0 unspecified atom stereocenters. The van der Waals surface area contributed by atoms with Gasteiger partial charge in [0.2, 0.25) is 5.56 Å². The van der Waals surface area contributed by atoms with E-state index < -0.39 is 0 Å². The Morgan fingerprint density at radius 2 is 1.79 bits per heavy atom. The van der Waals surface area contributed by atoms with Crippen molar-refractivity contribution in [2.75, 3.05) is 0 Å². The summed E-state index contributed by atoms with van der Waals surface area (Å²) in [7, 11) is 0. The standard InChI is InChI=1S/C17H17NO/c19-17-10-7-14(12-18-17)11-13-5-8-16(9-6-13)15-3-1-2-4-15/h3,5-10,12H,1-2,4,11H2,(H,18,19). The Morgan fingerprint density at radius 3 is 2.42 bits per heavy atom. The average Bonchev–Trinajstić information content (AvgIpc) is 2.96. The van der Waals surface area contributed by atoms with Gasteiger partial charge in [-0.05, 0) is 47.9 Å². The van der Waals surface area contributed by atoms with Crippen molar-refractivity contribution in [3.63, 3.8) is 0 Å². The molecule has 1 heterocycles. The Hall–Kier alpha value is -2.09. The maximum atomic E-state index is 11.0. The van der Waals surface area contributed by atoms with Gasteiger partial charge in [-0.1, -0.05) is 36.4 Å². The number of rotatable bonds is 3. The summed E-state index contributed by atoms with van der Waals surface area (Å²) in [6, 6.07) is 12.2. The zero-order valence-electron chi connectivity index (χ0n) is 10.9. The topological polar surface area (TPSA) is 32.9 Å². The molecule has 1 aliphatic rings. The predicted molar refractivity (Wildman–Crippen MR) is 78.1 cm³/mol. The Bertz CT molecular complexity index is 629. The lowest BCUT2D eigenvalue weighted by Crippen LogP contribution is -2.03. The van der Waals surface area contributed by atoms with Crippen molar-refractivity contribution >= 4 is 5.57 Å². The highest BCUT2D eigenvalue weighted by Crippen LogP contribution is 2.27. The SMILES string of the molecule is O=c1ccc(Cc2ccc(C3=CCCC3)cc2)c[nH]1. The molecule has 0 amide bonds. The van der Waals surface area contributed by atoms with Crippen LogP contribution >= 0.6 is 0 Å². The lowest BCUT2D eigenvalue weighted by atomic mass is 10.0. The van der Waals surface area contributed by atoms with Gasteiger partial charge in [-0.15, -0.1) is 0 Å². The third-order valence-corrected chi connectivity index (χ3v) is 3.62. The average molecular weight is 251 g/mol. The molecule has 0 radical (unpaired) electrons. The number of aromatic nitrogens is 1. The molecule has 1 N–H and O–H groups in total. The fourth-order valence-electron chi connectivity index (χ4n) is 2.56. The molecule has 0 saturated carbocycles. The van der Waals surface area contributed by atoms with Crippen LogP contribution in [-0.4, -0.2) is 4.98 Å². The summed E-state index contributed by atoms with van der Waals surface area (Å²) < 4.78 is 0. The molecule has 2 aromatic rings. The lowest BCUT2D eigenvalue weighted by molar-refractivity contribution is 0.935. The van der Waals surface area contributed by atoms with Gasteiger partial charge in [0, 0.05) is 12.3 Å². The van der Waals surface area contributed by atoms with E-state index in [-0.39, 0.29) is 5.56 Å². The van der Waals surface area contributed by atoms with Gasteiger partial charge in [0.05, 0.1) is 0 Å². The summed E-state index contributed by atoms with van der Waals surface area (Å²) in [5.74, 6) is 0. The molecule has 0 aliphatic heterocycles. The quantitative estimate of drug-likeness (QED) is 0.889. The number of H-pyrrole nitrogens is 1. The molecular weight excluding hydrogens is 234 g/mol. The molecule has 96 valence electrons. The predicted octanol–water partition coefficient (Wildman–Crippen LogP) is 3.53. The van der Waals surface area contributed by atoms with Gasteiger partial charge >= 0.3 is 0 Å². The van der Waals surface area contributed by atoms with Crippen molar-refractivity contribution < 1.29 is 0 Å². The maximum absolute atomic E-state index is 11.0. The van der Waals surface area contributed by atoms with E-state index in [1.807, 2.05) is 6.07 Å². The zero-order chi connectivity index (χ0) is 13.1. The third kappa shape index (κ3) is 2.84. The molecule has 1 aliphatic carbocycles. The van der Waals surface area contributed by atoms with E-state index in [1.54, 1.807) is 12.3 Å². The Balaban J connectivity index is 1.75. The van der Waals surface area contributed by atoms with Crippen molar-refractivity contribution in [2.24, 2.45) is 0 Å². The summed E-state index contributed by atoms with van der Waals surface area (Å²) in [5.41, 5.74) is 5.19. The summed E-state index contributed by atoms with van der Waals surface area (Å²) in [5, 5.41) is 0. The summed E-state index contributed by atoms with van der Waals surface area (Å²) in [6.45, 7) is 0. The minimum Gasteiger partial charge on any atom is -0.329 e. The normalized spacial score (nSPS) is 14.4. The highest BCUT2D eigenvalue weighted by atomic mass is 16.1. The van der Waals surface area contributed by atoms with Crippen LogP contribution in [0.2, 0.25) is 0 Å². The number of aromatic amines is 1. The minimum atomic E-state index is -0.0488. The summed E-state index contributed by atoms with van der Waals surface area (Å²) >= 11 is 0. The smallest absolute Gasteiger partial charge is 0.247 e. The molecule has 1 aromatic carbocycles. The second-order valence-electron chi connectivity index (χ2n) is 5.06. The van der Waals surface area contributed by atoms with Crippen molar-refractivity contribution in [2.45, 2.75) is 25.7 Å². The number of benzene rings is 1. The van der Waals surface area contributed by atoms with Crippen molar-refractivity contribution in [1.29, 1.82) is 0 Å². The zero-order valence-corrected chi connectivity index (χ0v) is 10.9. The fourth-order valence-corrected chi connectivity index (χ4v) is 2.56. The van der Waals surface area contributed by atoms with Crippen LogP contribution in [-0.2, 0) is 6.42 Å². The van der Waals surface area contributed by atoms with Gasteiger partial charge in [0.1, 0.15) is 0 Å². The van der Waals surface area contributed by atoms with Crippen LogP contribution in [0.15, 0.2) is 53.5 Å². The Kier molecular flexibility index (Phi) is 3.32. The van der Waals surface area contributed by atoms with E-state index in [0.717, 1.165) is 12.0 Å². The number of nitrogens with one attached hydrogen (secondary N) is 1. The van der Waals surface area contributed by atoms with E-state index in [4.69, 9.17) is 0 Å². The molecule has 2 heteroatoms. The van der Waals surface area contributed by atoms with Gasteiger partial charge in [0.15, 0.2) is 0 Å². The summed E-state index contributed by atoms with van der Waals surface area (Å²) in [4.78, 5) is 13.7. The van der Waals surface area contributed by atoms with Gasteiger partial charge in [-0.2, -0.15) is 0 Å².